The highest BCUT2D eigenvalue weighted by Gasteiger charge is 1.85. The van der Waals surface area contributed by atoms with Crippen molar-refractivity contribution in [3.05, 3.63) is 12.2 Å². The van der Waals surface area contributed by atoms with Gasteiger partial charge in [-0.3, -0.25) is 10.3 Å². The van der Waals surface area contributed by atoms with Gasteiger partial charge in [0.1, 0.15) is 5.84 Å². The summed E-state index contributed by atoms with van der Waals surface area (Å²) in [5, 5.41) is 10.6. The summed E-state index contributed by atoms with van der Waals surface area (Å²) < 4.78 is 0. The quantitative estimate of drug-likeness (QED) is 0.203. The van der Waals surface area contributed by atoms with E-state index in [2.05, 4.69) is 16.9 Å². The number of rotatable bonds is 2. The Balaban J connectivity index is 3.71. The standard InChI is InChI=1S/C7H11N3/c1-6(2)4-9-7(3)10-5-8/h1,4H2,2-3H3,(H,9,10). The van der Waals surface area contributed by atoms with E-state index >= 15 is 0 Å². The first kappa shape index (κ1) is 8.70. The normalized spacial score (nSPS) is 10.3. The maximum atomic E-state index is 8.14. The number of amidine groups is 1. The molecule has 3 nitrogen and oxygen atoms in total. The predicted octanol–water partition coefficient (Wildman–Crippen LogP) is 1.05. The third-order valence-corrected chi connectivity index (χ3v) is 0.823. The molecule has 0 aliphatic rings. The summed E-state index contributed by atoms with van der Waals surface area (Å²) in [4.78, 5) is 4.00. The summed E-state index contributed by atoms with van der Waals surface area (Å²) in [7, 11) is 0. The smallest absolute Gasteiger partial charge is 0.182 e. The molecule has 0 rings (SSSR count). The summed E-state index contributed by atoms with van der Waals surface area (Å²) in [6, 6.07) is 0. The average molecular weight is 137 g/mol. The molecule has 0 aromatic carbocycles. The Hall–Kier alpha value is -1.30. The monoisotopic (exact) mass is 137 g/mol. The summed E-state index contributed by atoms with van der Waals surface area (Å²) in [5.41, 5.74) is 0.985. The SMILES string of the molecule is C=C(C)CN=C(C)NC#N. The van der Waals surface area contributed by atoms with Crippen molar-refractivity contribution in [3.8, 4) is 6.19 Å². The molecule has 0 heterocycles. The number of aliphatic imine (C=N–C) groups is 1. The van der Waals surface area contributed by atoms with E-state index in [1.165, 1.54) is 0 Å². The minimum absolute atomic E-state index is 0.584. The zero-order chi connectivity index (χ0) is 7.98. The number of hydrogen-bond acceptors (Lipinski definition) is 2. The number of nitrogens with one attached hydrogen (secondary N) is 1. The first-order chi connectivity index (χ1) is 4.66. The van der Waals surface area contributed by atoms with Crippen LogP contribution in [0.5, 0.6) is 0 Å². The summed E-state index contributed by atoms with van der Waals surface area (Å²) in [6.07, 6.45) is 1.78. The molecule has 0 saturated heterocycles. The summed E-state index contributed by atoms with van der Waals surface area (Å²) in [5.74, 6) is 0.630. The van der Waals surface area contributed by atoms with Crippen LogP contribution in [0.4, 0.5) is 0 Å². The highest BCUT2D eigenvalue weighted by Crippen LogP contribution is 1.86. The van der Waals surface area contributed by atoms with Gasteiger partial charge in [-0.2, -0.15) is 5.26 Å². The number of hydrogen-bond donors (Lipinski definition) is 1. The molecule has 0 saturated carbocycles. The predicted molar refractivity (Wildman–Crippen MR) is 41.5 cm³/mol. The minimum Gasteiger partial charge on any atom is -0.281 e. The fourth-order valence-electron chi connectivity index (χ4n) is 0.374. The Kier molecular flexibility index (Phi) is 3.97. The Labute approximate surface area is 61.1 Å². The van der Waals surface area contributed by atoms with Gasteiger partial charge in [0.15, 0.2) is 6.19 Å². The van der Waals surface area contributed by atoms with Crippen LogP contribution in [0.25, 0.3) is 0 Å². The number of nitrogens with zero attached hydrogens (tertiary/aromatic N) is 2. The number of nitriles is 1. The zero-order valence-corrected chi connectivity index (χ0v) is 6.31. The van der Waals surface area contributed by atoms with Gasteiger partial charge in [-0.1, -0.05) is 12.2 Å². The molecule has 0 fully saturated rings. The molecule has 0 amide bonds. The molecular formula is C7H11N3. The van der Waals surface area contributed by atoms with Crippen molar-refractivity contribution in [1.29, 1.82) is 5.26 Å². The Morgan fingerprint density at radius 3 is 2.70 bits per heavy atom. The van der Waals surface area contributed by atoms with E-state index in [9.17, 15) is 0 Å². The molecule has 0 atom stereocenters. The molecule has 0 aromatic rings. The average Bonchev–Trinajstić information content (AvgIpc) is 1.85. The highest BCUT2D eigenvalue weighted by molar-refractivity contribution is 5.80. The van der Waals surface area contributed by atoms with Crippen molar-refractivity contribution >= 4 is 5.84 Å². The molecule has 10 heavy (non-hydrogen) atoms. The second-order valence-electron chi connectivity index (χ2n) is 2.10. The van der Waals surface area contributed by atoms with Gasteiger partial charge >= 0.3 is 0 Å². The third-order valence-electron chi connectivity index (χ3n) is 0.823. The lowest BCUT2D eigenvalue weighted by atomic mass is 10.4. The summed E-state index contributed by atoms with van der Waals surface area (Å²) in [6.45, 7) is 7.89. The van der Waals surface area contributed by atoms with Crippen LogP contribution in [0.15, 0.2) is 17.1 Å². The Morgan fingerprint density at radius 2 is 2.30 bits per heavy atom. The fraction of sp³-hybridized carbons (Fsp3) is 0.429. The van der Waals surface area contributed by atoms with Crippen molar-refractivity contribution < 1.29 is 0 Å². The Bertz CT molecular complexity index is 186. The molecule has 54 valence electrons. The molecule has 0 aromatic heterocycles. The van der Waals surface area contributed by atoms with Gasteiger partial charge in [0.25, 0.3) is 0 Å². The second-order valence-corrected chi connectivity index (χ2v) is 2.10. The molecule has 0 bridgehead atoms. The second kappa shape index (κ2) is 4.57. The molecule has 0 aliphatic carbocycles. The van der Waals surface area contributed by atoms with E-state index in [1.807, 2.05) is 6.92 Å². The van der Waals surface area contributed by atoms with E-state index in [1.54, 1.807) is 13.1 Å². The third kappa shape index (κ3) is 4.85. The van der Waals surface area contributed by atoms with Crippen LogP contribution in [0.1, 0.15) is 13.8 Å². The van der Waals surface area contributed by atoms with Crippen LogP contribution in [-0.2, 0) is 0 Å². The largest absolute Gasteiger partial charge is 0.281 e. The van der Waals surface area contributed by atoms with Crippen molar-refractivity contribution in [2.24, 2.45) is 4.99 Å². The van der Waals surface area contributed by atoms with Crippen molar-refractivity contribution in [3.63, 3.8) is 0 Å². The van der Waals surface area contributed by atoms with Crippen molar-refractivity contribution in [2.45, 2.75) is 13.8 Å². The lowest BCUT2D eigenvalue weighted by molar-refractivity contribution is 1.10. The van der Waals surface area contributed by atoms with E-state index in [4.69, 9.17) is 5.26 Å². The molecular weight excluding hydrogens is 126 g/mol. The van der Waals surface area contributed by atoms with Crippen molar-refractivity contribution in [2.75, 3.05) is 6.54 Å². The Morgan fingerprint density at radius 1 is 1.70 bits per heavy atom. The van der Waals surface area contributed by atoms with Gasteiger partial charge in [-0.05, 0) is 13.8 Å². The van der Waals surface area contributed by atoms with Gasteiger partial charge in [0.05, 0.1) is 6.54 Å². The molecule has 0 unspecified atom stereocenters. The molecule has 1 N–H and O–H groups in total. The lowest BCUT2D eigenvalue weighted by Crippen LogP contribution is -2.13. The van der Waals surface area contributed by atoms with E-state index < -0.39 is 0 Å². The first-order valence-corrected chi connectivity index (χ1v) is 2.97. The van der Waals surface area contributed by atoms with E-state index in [0.717, 1.165) is 5.57 Å². The molecule has 0 aliphatic heterocycles. The zero-order valence-electron chi connectivity index (χ0n) is 6.31. The fourth-order valence-corrected chi connectivity index (χ4v) is 0.374. The van der Waals surface area contributed by atoms with Crippen LogP contribution in [-0.4, -0.2) is 12.4 Å². The van der Waals surface area contributed by atoms with Crippen LogP contribution >= 0.6 is 0 Å². The summed E-state index contributed by atoms with van der Waals surface area (Å²) >= 11 is 0. The van der Waals surface area contributed by atoms with Crippen LogP contribution in [0.3, 0.4) is 0 Å². The molecule has 3 heteroatoms. The first-order valence-electron chi connectivity index (χ1n) is 2.97. The minimum atomic E-state index is 0.584. The maximum Gasteiger partial charge on any atom is 0.182 e. The van der Waals surface area contributed by atoms with Crippen LogP contribution < -0.4 is 5.32 Å². The molecule has 0 radical (unpaired) electrons. The lowest BCUT2D eigenvalue weighted by Gasteiger charge is -1.94. The maximum absolute atomic E-state index is 8.14. The van der Waals surface area contributed by atoms with E-state index in [-0.39, 0.29) is 0 Å². The van der Waals surface area contributed by atoms with Gasteiger partial charge in [-0.15, -0.1) is 0 Å². The highest BCUT2D eigenvalue weighted by atomic mass is 15.0. The van der Waals surface area contributed by atoms with Gasteiger partial charge in [0, 0.05) is 0 Å². The van der Waals surface area contributed by atoms with Gasteiger partial charge in [-0.25, -0.2) is 0 Å². The van der Waals surface area contributed by atoms with Crippen LogP contribution in [0.2, 0.25) is 0 Å². The topological polar surface area (TPSA) is 48.2 Å². The van der Waals surface area contributed by atoms with Crippen molar-refractivity contribution in [1.82, 2.24) is 5.32 Å². The van der Waals surface area contributed by atoms with Gasteiger partial charge < -0.3 is 0 Å². The molecule has 0 spiro atoms. The van der Waals surface area contributed by atoms with E-state index in [0.29, 0.717) is 12.4 Å². The van der Waals surface area contributed by atoms with Crippen LogP contribution in [0, 0.1) is 11.5 Å². The van der Waals surface area contributed by atoms with Gasteiger partial charge in [0.2, 0.25) is 0 Å².